The zero-order valence-corrected chi connectivity index (χ0v) is 28.5. The summed E-state index contributed by atoms with van der Waals surface area (Å²) in [6, 6.07) is 19.0. The summed E-state index contributed by atoms with van der Waals surface area (Å²) in [6.07, 6.45) is 6.59. The lowest BCUT2D eigenvalue weighted by Gasteiger charge is -2.45. The van der Waals surface area contributed by atoms with E-state index in [-0.39, 0.29) is 31.8 Å². The molecule has 4 aromatic rings. The van der Waals surface area contributed by atoms with Gasteiger partial charge in [-0.3, -0.25) is 9.69 Å². The number of amides is 1. The minimum atomic E-state index is -4.09. The lowest BCUT2D eigenvalue weighted by Crippen LogP contribution is -2.49. The number of para-hydroxylation sites is 2. The molecule has 0 unspecified atom stereocenters. The molecule has 3 atom stereocenters. The largest absolute Gasteiger partial charge is 0.339 e. The normalized spacial score (nSPS) is 23.0. The molecule has 0 spiro atoms. The van der Waals surface area contributed by atoms with Crippen LogP contribution in [0.25, 0.3) is 11.0 Å². The number of hydrogen-bond acceptors (Lipinski definition) is 5. The predicted molar refractivity (Wildman–Crippen MR) is 182 cm³/mol. The van der Waals surface area contributed by atoms with Crippen LogP contribution in [-0.2, 0) is 15.4 Å². The molecule has 3 aliphatic heterocycles. The fraction of sp³-hybridized carbons (Fsp3) is 0.429. The van der Waals surface area contributed by atoms with Crippen LogP contribution >= 0.6 is 23.2 Å². The van der Waals surface area contributed by atoms with Crippen LogP contribution in [0.4, 0.5) is 4.39 Å². The molecule has 12 heteroatoms. The summed E-state index contributed by atoms with van der Waals surface area (Å²) in [5.74, 6) is 0.334. The molecule has 0 saturated carbocycles. The quantitative estimate of drug-likeness (QED) is 0.227. The number of halogens is 3. The number of carbonyl (C=O) groups is 1. The first-order chi connectivity index (χ1) is 22.4. The number of aryl methyl sites for hydroxylation is 1. The number of carbonyl (C=O) groups excluding carboxylic acids is 1. The Morgan fingerprint density at radius 1 is 0.979 bits per heavy atom. The maximum Gasteiger partial charge on any atom is 0.253 e. The number of rotatable bonds is 7. The highest BCUT2D eigenvalue weighted by atomic mass is 35.5. The van der Waals surface area contributed by atoms with Gasteiger partial charge in [0, 0.05) is 36.8 Å². The summed E-state index contributed by atoms with van der Waals surface area (Å²) < 4.78 is 41.3. The van der Waals surface area contributed by atoms with Crippen molar-refractivity contribution in [3.05, 3.63) is 93.5 Å². The number of sulfonamides is 1. The van der Waals surface area contributed by atoms with Gasteiger partial charge in [0.2, 0.25) is 10.0 Å². The van der Waals surface area contributed by atoms with E-state index in [2.05, 4.69) is 34.6 Å². The molecule has 2 N–H and O–H groups in total. The number of imidazole rings is 1. The van der Waals surface area contributed by atoms with Crippen molar-refractivity contribution in [2.24, 2.45) is 5.14 Å². The summed E-state index contributed by atoms with van der Waals surface area (Å²) in [6.45, 7) is 3.88. The number of aromatic nitrogens is 2. The Kier molecular flexibility index (Phi) is 8.62. The third-order valence-electron chi connectivity index (χ3n) is 10.9. The Hall–Kier alpha value is -3.02. The molecular formula is C35H38Cl2FN5O3S. The molecule has 3 aliphatic rings. The van der Waals surface area contributed by atoms with E-state index in [9.17, 15) is 17.6 Å². The van der Waals surface area contributed by atoms with Gasteiger partial charge in [0.15, 0.2) is 0 Å². The first-order valence-corrected chi connectivity index (χ1v) is 18.5. The van der Waals surface area contributed by atoms with E-state index < -0.39 is 15.8 Å². The van der Waals surface area contributed by atoms with E-state index in [0.29, 0.717) is 44.1 Å². The van der Waals surface area contributed by atoms with Crippen LogP contribution in [0.3, 0.4) is 0 Å². The third-order valence-corrected chi connectivity index (χ3v) is 12.6. The smallest absolute Gasteiger partial charge is 0.253 e. The Bertz CT molecular complexity index is 1950. The molecule has 1 amide bonds. The number of likely N-dealkylation sites (tertiary alicyclic amines) is 1. The van der Waals surface area contributed by atoms with Gasteiger partial charge in [-0.15, -0.1) is 0 Å². The zero-order chi connectivity index (χ0) is 33.1. The highest BCUT2D eigenvalue weighted by molar-refractivity contribution is 7.89. The molecule has 3 fully saturated rings. The Balaban J connectivity index is 1.09. The van der Waals surface area contributed by atoms with Crippen molar-refractivity contribution in [1.29, 1.82) is 0 Å². The van der Waals surface area contributed by atoms with Crippen LogP contribution in [0.15, 0.2) is 65.6 Å². The topological polar surface area (TPSA) is 102 Å². The van der Waals surface area contributed by atoms with E-state index >= 15 is 0 Å². The summed E-state index contributed by atoms with van der Waals surface area (Å²) in [4.78, 5) is 22.5. The lowest BCUT2D eigenvalue weighted by atomic mass is 9.70. The van der Waals surface area contributed by atoms with Crippen molar-refractivity contribution in [2.75, 3.05) is 19.6 Å². The van der Waals surface area contributed by atoms with Crippen molar-refractivity contribution < 1.29 is 17.6 Å². The molecule has 3 aromatic carbocycles. The number of piperidine rings is 2. The average Bonchev–Trinajstić information content (AvgIpc) is 3.51. The SMILES string of the molecule is Cc1nc2ccccc2n1[C@H]1C[C@H]2CC[C@@H](C1)N2CCC1(c2ccc(Cl)c(F)c2)CCN(C(=O)c2ccc(Cl)c(S(N)(=O)=O)c2)CC1. The van der Waals surface area contributed by atoms with Crippen molar-refractivity contribution in [1.82, 2.24) is 19.4 Å². The molecule has 3 saturated heterocycles. The first-order valence-electron chi connectivity index (χ1n) is 16.2. The Morgan fingerprint density at radius 3 is 2.34 bits per heavy atom. The van der Waals surface area contributed by atoms with Crippen LogP contribution in [-0.4, -0.2) is 65.4 Å². The van der Waals surface area contributed by atoms with Gasteiger partial charge in [-0.1, -0.05) is 41.4 Å². The molecular weight excluding hydrogens is 660 g/mol. The summed E-state index contributed by atoms with van der Waals surface area (Å²) >= 11 is 12.2. The zero-order valence-electron chi connectivity index (χ0n) is 26.2. The van der Waals surface area contributed by atoms with Crippen LogP contribution in [0.1, 0.15) is 72.7 Å². The fourth-order valence-corrected chi connectivity index (χ4v) is 9.66. The number of nitrogens with two attached hydrogens (primary N) is 1. The van der Waals surface area contributed by atoms with Crippen LogP contribution < -0.4 is 5.14 Å². The van der Waals surface area contributed by atoms with E-state index in [4.69, 9.17) is 33.3 Å². The van der Waals surface area contributed by atoms with Crippen molar-refractivity contribution in [2.45, 2.75) is 80.3 Å². The van der Waals surface area contributed by atoms with E-state index in [1.54, 1.807) is 17.0 Å². The molecule has 8 nitrogen and oxygen atoms in total. The number of fused-ring (bicyclic) bond motifs is 3. The summed E-state index contributed by atoms with van der Waals surface area (Å²) in [7, 11) is -4.09. The first kappa shape index (κ1) is 32.5. The molecule has 1 aromatic heterocycles. The van der Waals surface area contributed by atoms with Gasteiger partial charge >= 0.3 is 0 Å². The Morgan fingerprint density at radius 2 is 1.66 bits per heavy atom. The van der Waals surface area contributed by atoms with Gasteiger partial charge in [-0.05, 0) is 112 Å². The molecule has 0 aliphatic carbocycles. The van der Waals surface area contributed by atoms with Gasteiger partial charge in [0.05, 0.1) is 21.1 Å². The van der Waals surface area contributed by atoms with Crippen molar-refractivity contribution >= 4 is 50.2 Å². The summed E-state index contributed by atoms with van der Waals surface area (Å²) in [5, 5.41) is 5.38. The number of benzene rings is 3. The van der Waals surface area contributed by atoms with E-state index in [1.165, 1.54) is 36.6 Å². The molecule has 4 heterocycles. The van der Waals surface area contributed by atoms with Gasteiger partial charge in [0.1, 0.15) is 16.5 Å². The molecule has 7 rings (SSSR count). The molecule has 248 valence electrons. The minimum Gasteiger partial charge on any atom is -0.339 e. The summed E-state index contributed by atoms with van der Waals surface area (Å²) in [5.41, 5.74) is 3.01. The highest BCUT2D eigenvalue weighted by Crippen LogP contribution is 2.45. The fourth-order valence-electron chi connectivity index (χ4n) is 8.47. The maximum atomic E-state index is 14.9. The second-order valence-corrected chi connectivity index (χ2v) is 15.8. The monoisotopic (exact) mass is 697 g/mol. The third kappa shape index (κ3) is 6.08. The molecule has 47 heavy (non-hydrogen) atoms. The maximum absolute atomic E-state index is 14.9. The van der Waals surface area contributed by atoms with Crippen molar-refractivity contribution in [3.63, 3.8) is 0 Å². The van der Waals surface area contributed by atoms with Crippen LogP contribution in [0, 0.1) is 12.7 Å². The predicted octanol–water partition coefficient (Wildman–Crippen LogP) is 6.87. The number of hydrogen-bond donors (Lipinski definition) is 1. The van der Waals surface area contributed by atoms with Crippen LogP contribution in [0.2, 0.25) is 10.0 Å². The average molecular weight is 699 g/mol. The van der Waals surface area contributed by atoms with Crippen molar-refractivity contribution in [3.8, 4) is 0 Å². The molecule has 0 radical (unpaired) electrons. The number of nitrogens with zero attached hydrogens (tertiary/aromatic N) is 4. The van der Waals surface area contributed by atoms with Gasteiger partial charge < -0.3 is 9.47 Å². The second-order valence-electron chi connectivity index (χ2n) is 13.4. The van der Waals surface area contributed by atoms with E-state index in [0.717, 1.165) is 42.7 Å². The van der Waals surface area contributed by atoms with Gasteiger partial charge in [-0.2, -0.15) is 0 Å². The molecule has 2 bridgehead atoms. The second kappa shape index (κ2) is 12.5. The van der Waals surface area contributed by atoms with Gasteiger partial charge in [0.25, 0.3) is 5.91 Å². The minimum absolute atomic E-state index is 0.0296. The van der Waals surface area contributed by atoms with Crippen LogP contribution in [0.5, 0.6) is 0 Å². The highest BCUT2D eigenvalue weighted by Gasteiger charge is 2.44. The van der Waals surface area contributed by atoms with E-state index in [1.807, 2.05) is 12.1 Å². The number of primary sulfonamides is 1. The standard InChI is InChI=1S/C35H38Cl2FN5O3S/c1-22-40-31-4-2-3-5-32(31)43(22)27-20-25-8-9-26(21-27)42(25)17-14-35(24-7-11-28(36)30(38)19-24)12-15-41(16-13-35)34(44)23-6-10-29(37)33(18-23)47(39,45)46/h2-7,10-11,18-19,25-27H,8-9,12-17,20-21H2,1H3,(H2,39,45,46)/t25-,26+,27+. The Labute approximate surface area is 284 Å². The van der Waals surface area contributed by atoms with Gasteiger partial charge in [-0.25, -0.2) is 22.9 Å². The lowest BCUT2D eigenvalue weighted by molar-refractivity contribution is 0.0606.